The Bertz CT molecular complexity index is 164. The van der Waals surface area contributed by atoms with Gasteiger partial charge in [-0.2, -0.15) is 0 Å². The molecule has 0 aromatic rings. The Morgan fingerprint density at radius 2 is 2.00 bits per heavy atom. The quantitative estimate of drug-likeness (QED) is 0.590. The summed E-state index contributed by atoms with van der Waals surface area (Å²) in [6.45, 7) is 3.34. The van der Waals surface area contributed by atoms with Crippen LogP contribution < -0.4 is 0 Å². The van der Waals surface area contributed by atoms with Crippen molar-refractivity contribution in [2.75, 3.05) is 13.7 Å². The van der Waals surface area contributed by atoms with Crippen LogP contribution in [0.5, 0.6) is 0 Å². The summed E-state index contributed by atoms with van der Waals surface area (Å²) < 4.78 is 8.93. The lowest BCUT2D eigenvalue weighted by atomic mass is 10.1. The van der Waals surface area contributed by atoms with Gasteiger partial charge in [0.25, 0.3) is 0 Å². The van der Waals surface area contributed by atoms with Gasteiger partial charge < -0.3 is 9.47 Å². The number of hydrogen-bond acceptors (Lipinski definition) is 4. The van der Waals surface area contributed by atoms with Crippen LogP contribution in [0.4, 0.5) is 0 Å². The Labute approximate surface area is 71.8 Å². The van der Waals surface area contributed by atoms with Crippen molar-refractivity contribution in [2.24, 2.45) is 5.92 Å². The Balaban J connectivity index is 3.64. The van der Waals surface area contributed by atoms with Crippen molar-refractivity contribution < 1.29 is 19.1 Å². The molecule has 70 valence electrons. The molecule has 0 fully saturated rings. The van der Waals surface area contributed by atoms with Gasteiger partial charge >= 0.3 is 11.9 Å². The molecule has 4 nitrogen and oxygen atoms in total. The highest BCUT2D eigenvalue weighted by atomic mass is 16.6. The average molecular weight is 174 g/mol. The van der Waals surface area contributed by atoms with Crippen molar-refractivity contribution >= 4 is 11.9 Å². The van der Waals surface area contributed by atoms with E-state index in [1.807, 2.05) is 6.92 Å². The first-order valence-electron chi connectivity index (χ1n) is 3.85. The standard InChI is InChI=1S/C8H14O4/c1-4-6(2)8(10)12-5-7(9)11-3/h6H,4-5H2,1-3H3. The van der Waals surface area contributed by atoms with Gasteiger partial charge in [-0.15, -0.1) is 0 Å². The Hall–Kier alpha value is -1.06. The summed E-state index contributed by atoms with van der Waals surface area (Å²) in [4.78, 5) is 21.5. The predicted octanol–water partition coefficient (Wildman–Crippen LogP) is 0.749. The first-order valence-corrected chi connectivity index (χ1v) is 3.85. The zero-order chi connectivity index (χ0) is 9.56. The summed E-state index contributed by atoms with van der Waals surface area (Å²) in [6.07, 6.45) is 0.708. The fourth-order valence-electron chi connectivity index (χ4n) is 0.498. The first kappa shape index (κ1) is 10.9. The van der Waals surface area contributed by atoms with Gasteiger partial charge in [0.05, 0.1) is 13.0 Å². The van der Waals surface area contributed by atoms with E-state index in [1.54, 1.807) is 6.92 Å². The van der Waals surface area contributed by atoms with Crippen molar-refractivity contribution in [3.05, 3.63) is 0 Å². The largest absolute Gasteiger partial charge is 0.466 e. The van der Waals surface area contributed by atoms with Gasteiger partial charge in [0.2, 0.25) is 0 Å². The molecule has 0 N–H and O–H groups in total. The molecule has 0 aliphatic heterocycles. The Morgan fingerprint density at radius 1 is 1.42 bits per heavy atom. The summed E-state index contributed by atoms with van der Waals surface area (Å²) >= 11 is 0. The SMILES string of the molecule is CCC(C)C(=O)OCC(=O)OC. The van der Waals surface area contributed by atoms with E-state index in [0.717, 1.165) is 0 Å². The van der Waals surface area contributed by atoms with E-state index in [0.29, 0.717) is 6.42 Å². The molecule has 0 aliphatic carbocycles. The van der Waals surface area contributed by atoms with Gasteiger partial charge in [0, 0.05) is 0 Å². The lowest BCUT2D eigenvalue weighted by molar-refractivity contribution is -0.159. The third kappa shape index (κ3) is 3.95. The maximum atomic E-state index is 11.0. The van der Waals surface area contributed by atoms with Gasteiger partial charge in [-0.1, -0.05) is 13.8 Å². The third-order valence-corrected chi connectivity index (χ3v) is 1.57. The fourth-order valence-corrected chi connectivity index (χ4v) is 0.498. The number of ether oxygens (including phenoxy) is 2. The minimum Gasteiger partial charge on any atom is -0.466 e. The van der Waals surface area contributed by atoms with Crippen molar-refractivity contribution in [1.29, 1.82) is 0 Å². The molecule has 0 saturated heterocycles. The van der Waals surface area contributed by atoms with Crippen LogP contribution >= 0.6 is 0 Å². The Morgan fingerprint density at radius 3 is 2.42 bits per heavy atom. The summed E-state index contributed by atoms with van der Waals surface area (Å²) in [5.41, 5.74) is 0. The summed E-state index contributed by atoms with van der Waals surface area (Å²) in [7, 11) is 1.25. The molecule has 1 unspecified atom stereocenters. The minimum atomic E-state index is -0.536. The second kappa shape index (κ2) is 5.57. The molecule has 0 aromatic heterocycles. The van der Waals surface area contributed by atoms with Crippen LogP contribution in [0, 0.1) is 5.92 Å². The van der Waals surface area contributed by atoms with E-state index < -0.39 is 5.97 Å². The number of methoxy groups -OCH3 is 1. The highest BCUT2D eigenvalue weighted by Gasteiger charge is 2.13. The normalized spacial score (nSPS) is 11.9. The van der Waals surface area contributed by atoms with Crippen molar-refractivity contribution in [3.63, 3.8) is 0 Å². The van der Waals surface area contributed by atoms with Gasteiger partial charge in [0.15, 0.2) is 6.61 Å². The number of carbonyl (C=O) groups is 2. The maximum Gasteiger partial charge on any atom is 0.344 e. The summed E-state index contributed by atoms with van der Waals surface area (Å²) in [5.74, 6) is -1.05. The number of esters is 2. The lowest BCUT2D eigenvalue weighted by Gasteiger charge is -2.07. The molecule has 12 heavy (non-hydrogen) atoms. The smallest absolute Gasteiger partial charge is 0.344 e. The predicted molar refractivity (Wildman–Crippen MR) is 42.4 cm³/mol. The third-order valence-electron chi connectivity index (χ3n) is 1.57. The van der Waals surface area contributed by atoms with Crippen LogP contribution in [0.3, 0.4) is 0 Å². The van der Waals surface area contributed by atoms with E-state index in [-0.39, 0.29) is 18.5 Å². The first-order chi connectivity index (χ1) is 5.61. The molecule has 0 saturated carbocycles. The topological polar surface area (TPSA) is 52.6 Å². The van der Waals surface area contributed by atoms with Gasteiger partial charge in [-0.05, 0) is 6.42 Å². The maximum absolute atomic E-state index is 11.0. The summed E-state index contributed by atoms with van der Waals surface area (Å²) in [5, 5.41) is 0. The van der Waals surface area contributed by atoms with Crippen LogP contribution in [0.2, 0.25) is 0 Å². The van der Waals surface area contributed by atoms with Gasteiger partial charge in [-0.3, -0.25) is 4.79 Å². The minimum absolute atomic E-state index is 0.158. The monoisotopic (exact) mass is 174 g/mol. The van der Waals surface area contributed by atoms with E-state index in [9.17, 15) is 9.59 Å². The zero-order valence-corrected chi connectivity index (χ0v) is 7.62. The molecule has 4 heteroatoms. The number of carbonyl (C=O) groups excluding carboxylic acids is 2. The van der Waals surface area contributed by atoms with Crippen molar-refractivity contribution in [1.82, 2.24) is 0 Å². The van der Waals surface area contributed by atoms with E-state index in [1.165, 1.54) is 7.11 Å². The van der Waals surface area contributed by atoms with Gasteiger partial charge in [0.1, 0.15) is 0 Å². The summed E-state index contributed by atoms with van der Waals surface area (Å²) in [6, 6.07) is 0. The molecule has 0 bridgehead atoms. The molecule has 0 amide bonds. The van der Waals surface area contributed by atoms with Crippen LogP contribution in [0.1, 0.15) is 20.3 Å². The van der Waals surface area contributed by atoms with Gasteiger partial charge in [-0.25, -0.2) is 4.79 Å². The van der Waals surface area contributed by atoms with Crippen LogP contribution in [0.25, 0.3) is 0 Å². The fraction of sp³-hybridized carbons (Fsp3) is 0.750. The Kier molecular flexibility index (Phi) is 5.08. The second-order valence-electron chi connectivity index (χ2n) is 2.49. The van der Waals surface area contributed by atoms with Crippen LogP contribution in [-0.2, 0) is 19.1 Å². The average Bonchev–Trinajstić information content (AvgIpc) is 2.11. The van der Waals surface area contributed by atoms with Crippen LogP contribution in [-0.4, -0.2) is 25.7 Å². The van der Waals surface area contributed by atoms with Crippen LogP contribution in [0.15, 0.2) is 0 Å². The van der Waals surface area contributed by atoms with E-state index >= 15 is 0 Å². The molecule has 0 aliphatic rings. The van der Waals surface area contributed by atoms with E-state index in [2.05, 4.69) is 9.47 Å². The zero-order valence-electron chi connectivity index (χ0n) is 7.62. The van der Waals surface area contributed by atoms with Crippen molar-refractivity contribution in [2.45, 2.75) is 20.3 Å². The molecular weight excluding hydrogens is 160 g/mol. The van der Waals surface area contributed by atoms with E-state index in [4.69, 9.17) is 0 Å². The number of hydrogen-bond donors (Lipinski definition) is 0. The highest BCUT2D eigenvalue weighted by molar-refractivity contribution is 5.77. The number of rotatable bonds is 4. The molecule has 0 heterocycles. The highest BCUT2D eigenvalue weighted by Crippen LogP contribution is 2.02. The van der Waals surface area contributed by atoms with Crippen molar-refractivity contribution in [3.8, 4) is 0 Å². The molecule has 0 rings (SSSR count). The molecular formula is C8H14O4. The molecule has 1 atom stereocenters. The molecule has 0 spiro atoms. The molecule has 0 radical (unpaired) electrons. The molecule has 0 aromatic carbocycles. The second-order valence-corrected chi connectivity index (χ2v) is 2.49. The lowest BCUT2D eigenvalue weighted by Crippen LogP contribution is -2.19.